The molecule has 0 radical (unpaired) electrons. The monoisotopic (exact) mass is 408 g/mol. The Morgan fingerprint density at radius 2 is 0.806 bits per heavy atom. The van der Waals surface area contributed by atoms with Crippen LogP contribution in [0.25, 0.3) is 18.2 Å². The van der Waals surface area contributed by atoms with Gasteiger partial charge in [0.05, 0.1) is 0 Å². The zero-order valence-electron chi connectivity index (χ0n) is 17.2. The highest BCUT2D eigenvalue weighted by atomic mass is 16.6. The second-order valence-electron chi connectivity index (χ2n) is 6.92. The van der Waals surface area contributed by atoms with Gasteiger partial charge in [-0.3, -0.25) is 0 Å². The van der Waals surface area contributed by atoms with E-state index in [9.17, 15) is 10.0 Å². The highest BCUT2D eigenvalue weighted by molar-refractivity contribution is 6.79. The highest BCUT2D eigenvalue weighted by Crippen LogP contribution is 2.05. The Hall–Kier alpha value is -3.09. The van der Waals surface area contributed by atoms with Gasteiger partial charge in [-0.2, -0.15) is 0 Å². The van der Waals surface area contributed by atoms with Crippen molar-refractivity contribution in [3.63, 3.8) is 0 Å². The summed E-state index contributed by atoms with van der Waals surface area (Å²) in [5.74, 6) is 0. The molecule has 0 aliphatic heterocycles. The molecule has 0 heterocycles. The predicted octanol–water partition coefficient (Wildman–Crippen LogP) is 2.12. The molecule has 0 aromatic heterocycles. The quantitative estimate of drug-likeness (QED) is 0.505. The molecule has 31 heavy (non-hydrogen) atoms. The lowest BCUT2D eigenvalue weighted by atomic mass is 9.67. The minimum absolute atomic E-state index is 0.562. The van der Waals surface area contributed by atoms with E-state index in [2.05, 4.69) is 19.7 Å². The van der Waals surface area contributed by atoms with Gasteiger partial charge in [-0.1, -0.05) is 111 Å². The Bertz CT molecular complexity index is 959. The van der Waals surface area contributed by atoms with Crippen molar-refractivity contribution in [3.05, 3.63) is 109 Å². The molecule has 0 amide bonds. The van der Waals surface area contributed by atoms with E-state index in [1.807, 2.05) is 48.5 Å². The standard InChI is InChI=1S/C24H23B3O4/c1-4-19-7-13-22(14-8-19)25(28)30-27(24-17-11-21(6-3)12-18-24)31-26(29)23-15-9-20(5-2)10-16-23/h4-18,28-29H,1-3H2. The molecule has 0 aliphatic rings. The van der Waals surface area contributed by atoms with Crippen molar-refractivity contribution in [1.82, 2.24) is 0 Å². The van der Waals surface area contributed by atoms with E-state index in [-0.39, 0.29) is 0 Å². The Morgan fingerprint density at radius 1 is 0.516 bits per heavy atom. The normalized spacial score (nSPS) is 10.3. The molecule has 0 unspecified atom stereocenters. The third-order valence-corrected chi connectivity index (χ3v) is 4.86. The molecule has 0 atom stereocenters. The summed E-state index contributed by atoms with van der Waals surface area (Å²) in [7, 11) is -3.52. The van der Waals surface area contributed by atoms with Crippen LogP contribution in [-0.4, -0.2) is 31.4 Å². The first-order chi connectivity index (χ1) is 15.0. The van der Waals surface area contributed by atoms with Crippen molar-refractivity contribution in [1.29, 1.82) is 0 Å². The van der Waals surface area contributed by atoms with Gasteiger partial charge >= 0.3 is 21.4 Å². The van der Waals surface area contributed by atoms with Gasteiger partial charge in [0.15, 0.2) is 0 Å². The smallest absolute Gasteiger partial charge is 0.444 e. The second kappa shape index (κ2) is 10.8. The summed E-state index contributed by atoms with van der Waals surface area (Å²) in [5, 5.41) is 21.3. The van der Waals surface area contributed by atoms with Gasteiger partial charge in [-0.25, -0.2) is 0 Å². The Morgan fingerprint density at radius 3 is 1.10 bits per heavy atom. The minimum atomic E-state index is -1.25. The van der Waals surface area contributed by atoms with Gasteiger partial charge in [0.2, 0.25) is 0 Å². The Labute approximate surface area is 184 Å². The van der Waals surface area contributed by atoms with Crippen molar-refractivity contribution < 1.29 is 19.2 Å². The molecule has 0 aliphatic carbocycles. The molecule has 4 nitrogen and oxygen atoms in total. The molecule has 3 aromatic carbocycles. The van der Waals surface area contributed by atoms with Crippen molar-refractivity contribution in [2.75, 3.05) is 0 Å². The van der Waals surface area contributed by atoms with Crippen LogP contribution in [0.15, 0.2) is 92.5 Å². The van der Waals surface area contributed by atoms with Gasteiger partial charge in [0.1, 0.15) is 0 Å². The van der Waals surface area contributed by atoms with E-state index in [0.717, 1.165) is 16.7 Å². The molecule has 7 heteroatoms. The zero-order chi connectivity index (χ0) is 22.2. The van der Waals surface area contributed by atoms with E-state index in [4.69, 9.17) is 9.14 Å². The summed E-state index contributed by atoms with van der Waals surface area (Å²) in [4.78, 5) is 0. The van der Waals surface area contributed by atoms with Crippen LogP contribution < -0.4 is 16.4 Å². The van der Waals surface area contributed by atoms with Crippen LogP contribution in [0.5, 0.6) is 0 Å². The van der Waals surface area contributed by atoms with Gasteiger partial charge in [0, 0.05) is 0 Å². The topological polar surface area (TPSA) is 58.9 Å². The molecule has 0 bridgehead atoms. The molecule has 3 aromatic rings. The number of rotatable bonds is 10. The van der Waals surface area contributed by atoms with Crippen LogP contribution in [0.2, 0.25) is 0 Å². The zero-order valence-corrected chi connectivity index (χ0v) is 17.2. The summed E-state index contributed by atoms with van der Waals surface area (Å²) in [6.07, 6.45) is 5.17. The molecule has 0 fully saturated rings. The third kappa shape index (κ3) is 5.97. The summed E-state index contributed by atoms with van der Waals surface area (Å²) in [6, 6.07) is 21.7. The van der Waals surface area contributed by atoms with Crippen LogP contribution in [-0.2, 0) is 9.14 Å². The van der Waals surface area contributed by atoms with Gasteiger partial charge in [-0.15, -0.1) is 0 Å². The van der Waals surface area contributed by atoms with Gasteiger partial charge in [0.25, 0.3) is 0 Å². The lowest BCUT2D eigenvalue weighted by Gasteiger charge is -2.20. The summed E-state index contributed by atoms with van der Waals surface area (Å²) >= 11 is 0. The lowest BCUT2D eigenvalue weighted by molar-refractivity contribution is 0.356. The molecule has 2 N–H and O–H groups in total. The summed E-state index contributed by atoms with van der Waals surface area (Å²) < 4.78 is 11.6. The average Bonchev–Trinajstić information content (AvgIpc) is 2.83. The van der Waals surface area contributed by atoms with Crippen LogP contribution in [0.4, 0.5) is 0 Å². The minimum Gasteiger partial charge on any atom is -0.444 e. The Balaban J connectivity index is 1.82. The van der Waals surface area contributed by atoms with E-state index in [1.54, 1.807) is 42.5 Å². The maximum absolute atomic E-state index is 10.6. The van der Waals surface area contributed by atoms with E-state index in [1.165, 1.54) is 0 Å². The van der Waals surface area contributed by atoms with Crippen LogP contribution >= 0.6 is 0 Å². The van der Waals surface area contributed by atoms with Crippen molar-refractivity contribution in [2.24, 2.45) is 0 Å². The van der Waals surface area contributed by atoms with Crippen LogP contribution in [0, 0.1) is 0 Å². The van der Waals surface area contributed by atoms with Crippen molar-refractivity contribution in [2.45, 2.75) is 0 Å². The predicted molar refractivity (Wildman–Crippen MR) is 132 cm³/mol. The summed E-state index contributed by atoms with van der Waals surface area (Å²) in [6.45, 7) is 11.2. The molecule has 0 saturated heterocycles. The largest absolute Gasteiger partial charge is 0.477 e. The maximum atomic E-state index is 10.6. The van der Waals surface area contributed by atoms with E-state index >= 15 is 0 Å². The lowest BCUT2D eigenvalue weighted by Crippen LogP contribution is -2.51. The molecular formula is C24H23B3O4. The molecular weight excluding hydrogens is 385 g/mol. The third-order valence-electron chi connectivity index (χ3n) is 4.86. The number of hydrogen-bond acceptors (Lipinski definition) is 4. The fraction of sp³-hybridized carbons (Fsp3) is 0. The fourth-order valence-corrected chi connectivity index (χ4v) is 2.96. The maximum Gasteiger partial charge on any atom is 0.477 e. The first kappa shape index (κ1) is 22.6. The SMILES string of the molecule is C=Cc1ccc(B(O)OB(OB(O)c2ccc(C=C)cc2)c2ccc(C=C)cc2)cc1. The summed E-state index contributed by atoms with van der Waals surface area (Å²) in [5.41, 5.74) is 4.57. The first-order valence-electron chi connectivity index (χ1n) is 9.88. The Kier molecular flexibility index (Phi) is 7.87. The second-order valence-corrected chi connectivity index (χ2v) is 6.92. The highest BCUT2D eigenvalue weighted by Gasteiger charge is 2.33. The van der Waals surface area contributed by atoms with Crippen molar-refractivity contribution >= 4 is 56.0 Å². The molecule has 152 valence electrons. The van der Waals surface area contributed by atoms with Crippen molar-refractivity contribution in [3.8, 4) is 0 Å². The van der Waals surface area contributed by atoms with E-state index < -0.39 is 21.4 Å². The average molecular weight is 408 g/mol. The number of hydrogen-bond donors (Lipinski definition) is 2. The van der Waals surface area contributed by atoms with Crippen LogP contribution in [0.1, 0.15) is 16.7 Å². The van der Waals surface area contributed by atoms with Gasteiger partial charge in [-0.05, 0) is 33.1 Å². The van der Waals surface area contributed by atoms with E-state index in [0.29, 0.717) is 16.4 Å². The molecule has 3 rings (SSSR count). The van der Waals surface area contributed by atoms with Gasteiger partial charge < -0.3 is 19.2 Å². The number of benzene rings is 3. The fourth-order valence-electron chi connectivity index (χ4n) is 2.96. The first-order valence-corrected chi connectivity index (χ1v) is 9.88. The van der Waals surface area contributed by atoms with Crippen LogP contribution in [0.3, 0.4) is 0 Å². The molecule has 0 spiro atoms. The molecule has 0 saturated carbocycles.